The van der Waals surface area contributed by atoms with Crippen molar-refractivity contribution in [1.29, 1.82) is 5.26 Å². The summed E-state index contributed by atoms with van der Waals surface area (Å²) >= 11 is 1.02. The first-order valence-corrected chi connectivity index (χ1v) is 14.5. The van der Waals surface area contributed by atoms with E-state index in [4.69, 9.17) is 0 Å². The van der Waals surface area contributed by atoms with E-state index in [0.717, 1.165) is 17.6 Å². The minimum absolute atomic E-state index is 0.105. The fourth-order valence-electron chi connectivity index (χ4n) is 4.60. The number of halogens is 3. The summed E-state index contributed by atoms with van der Waals surface area (Å²) in [4.78, 5) is 4.84. The maximum absolute atomic E-state index is 13.9. The third kappa shape index (κ3) is 6.52. The number of hydrogen-bond donors (Lipinski definition) is 3. The molecule has 3 atom stereocenters. The van der Waals surface area contributed by atoms with Crippen molar-refractivity contribution in [1.82, 2.24) is 24.7 Å². The maximum Gasteiger partial charge on any atom is 0.419 e. The Kier molecular flexibility index (Phi) is 7.99. The van der Waals surface area contributed by atoms with Gasteiger partial charge in [0.25, 0.3) is 0 Å². The molecule has 1 saturated heterocycles. The van der Waals surface area contributed by atoms with Crippen molar-refractivity contribution in [3.8, 4) is 6.07 Å². The molecular formula is C24H30F3N7O3S2. The SMILES string of the molecule is C[C@@H]1CN(S(=O)(=O)c2cnn(C)c2)CC[C@@H]1NC1N=CC(C(F)(F)F)=C(c2cc(C#N)c(CC(C)(C)O)s2)N1. The van der Waals surface area contributed by atoms with Crippen LogP contribution < -0.4 is 10.6 Å². The second kappa shape index (κ2) is 10.7. The Bertz CT molecular complexity index is 1430. The second-order valence-electron chi connectivity index (χ2n) is 10.4. The van der Waals surface area contributed by atoms with Gasteiger partial charge in [-0.15, -0.1) is 11.3 Å². The van der Waals surface area contributed by atoms with Crippen molar-refractivity contribution in [2.45, 2.75) is 62.6 Å². The monoisotopic (exact) mass is 585 g/mol. The zero-order chi connectivity index (χ0) is 28.8. The molecule has 0 amide bonds. The Hall–Kier alpha value is -2.77. The molecule has 2 aliphatic heterocycles. The summed E-state index contributed by atoms with van der Waals surface area (Å²) in [5.41, 5.74) is -2.11. The number of hydrogen-bond acceptors (Lipinski definition) is 9. The standard InChI is InChI=1S/C24H30F3N7O3S2/c1-14-12-34(39(36,37)16-10-30-33(4)13-16)6-5-18(14)31-22-29-11-17(24(25,26)27)21(32-22)19-7-15(9-28)20(38-19)8-23(2,3)35/h7,10-11,13-14,18,22,31-32,35H,5-6,8,12H2,1-4H3/t14-,18+,22?/m1/s1. The molecule has 4 rings (SSSR count). The predicted molar refractivity (Wildman–Crippen MR) is 140 cm³/mol. The van der Waals surface area contributed by atoms with Crippen LogP contribution >= 0.6 is 11.3 Å². The van der Waals surface area contributed by atoms with Crippen LogP contribution in [0.2, 0.25) is 0 Å². The highest BCUT2D eigenvalue weighted by Gasteiger charge is 2.40. The van der Waals surface area contributed by atoms with E-state index >= 15 is 0 Å². The number of sulfonamides is 1. The number of allylic oxidation sites excluding steroid dienone is 1. The van der Waals surface area contributed by atoms with Crippen LogP contribution in [0, 0.1) is 17.2 Å². The molecule has 0 radical (unpaired) electrons. The minimum atomic E-state index is -4.69. The van der Waals surface area contributed by atoms with E-state index in [2.05, 4.69) is 20.7 Å². The molecule has 0 spiro atoms. The minimum Gasteiger partial charge on any atom is -0.390 e. The van der Waals surface area contributed by atoms with E-state index in [9.17, 15) is 32.0 Å². The molecule has 0 aromatic carbocycles. The first-order chi connectivity index (χ1) is 18.1. The predicted octanol–water partition coefficient (Wildman–Crippen LogP) is 2.59. The van der Waals surface area contributed by atoms with Crippen LogP contribution in [0.15, 0.2) is 33.9 Å². The van der Waals surface area contributed by atoms with E-state index < -0.39 is 33.7 Å². The van der Waals surface area contributed by atoms with Gasteiger partial charge in [-0.25, -0.2) is 8.42 Å². The number of rotatable bonds is 7. The van der Waals surface area contributed by atoms with Crippen LogP contribution in [0.5, 0.6) is 0 Å². The van der Waals surface area contributed by atoms with E-state index in [1.165, 1.54) is 27.4 Å². The molecule has 15 heteroatoms. The molecule has 0 bridgehead atoms. The number of nitriles is 1. The van der Waals surface area contributed by atoms with Crippen molar-refractivity contribution in [2.24, 2.45) is 18.0 Å². The summed E-state index contributed by atoms with van der Waals surface area (Å²) in [6.45, 7) is 5.44. The largest absolute Gasteiger partial charge is 0.419 e. The van der Waals surface area contributed by atoms with Gasteiger partial charge < -0.3 is 10.4 Å². The Morgan fingerprint density at radius 1 is 1.36 bits per heavy atom. The van der Waals surface area contributed by atoms with Crippen molar-refractivity contribution >= 4 is 33.3 Å². The van der Waals surface area contributed by atoms with Gasteiger partial charge in [-0.3, -0.25) is 15.0 Å². The molecule has 4 heterocycles. The number of aliphatic imine (C=N–C) groups is 1. The van der Waals surface area contributed by atoms with Crippen molar-refractivity contribution < 1.29 is 26.7 Å². The van der Waals surface area contributed by atoms with Crippen LogP contribution in [0.4, 0.5) is 13.2 Å². The lowest BCUT2D eigenvalue weighted by Gasteiger charge is -2.38. The van der Waals surface area contributed by atoms with Crippen molar-refractivity contribution in [3.63, 3.8) is 0 Å². The fraction of sp³-hybridized carbons (Fsp3) is 0.542. The van der Waals surface area contributed by atoms with Gasteiger partial charge in [-0.2, -0.15) is 27.8 Å². The Morgan fingerprint density at radius 2 is 2.08 bits per heavy atom. The molecule has 1 unspecified atom stereocenters. The van der Waals surface area contributed by atoms with E-state index in [0.29, 0.717) is 11.3 Å². The van der Waals surface area contributed by atoms with Crippen LogP contribution in [0.3, 0.4) is 0 Å². The quantitative estimate of drug-likeness (QED) is 0.455. The van der Waals surface area contributed by atoms with Gasteiger partial charge in [-0.05, 0) is 32.3 Å². The number of thiophene rings is 1. The summed E-state index contributed by atoms with van der Waals surface area (Å²) in [6.07, 6.45) is -1.54. The smallest absolute Gasteiger partial charge is 0.390 e. The third-order valence-electron chi connectivity index (χ3n) is 6.54. The van der Waals surface area contributed by atoms with Crippen LogP contribution in [0.1, 0.15) is 42.5 Å². The number of nitrogens with one attached hydrogen (secondary N) is 2. The maximum atomic E-state index is 13.9. The Morgan fingerprint density at radius 3 is 2.64 bits per heavy atom. The average Bonchev–Trinajstić information content (AvgIpc) is 3.44. The Labute approximate surface area is 228 Å². The highest BCUT2D eigenvalue weighted by molar-refractivity contribution is 7.89. The molecule has 39 heavy (non-hydrogen) atoms. The zero-order valence-corrected chi connectivity index (χ0v) is 23.5. The van der Waals surface area contributed by atoms with Crippen LogP contribution in [-0.2, 0) is 23.5 Å². The Balaban J connectivity index is 1.51. The molecule has 2 aliphatic rings. The van der Waals surface area contributed by atoms with Gasteiger partial charge in [0.1, 0.15) is 11.0 Å². The third-order valence-corrected chi connectivity index (χ3v) is 9.51. The molecule has 212 valence electrons. The molecule has 2 aromatic heterocycles. The number of aliphatic hydroxyl groups is 1. The first-order valence-electron chi connectivity index (χ1n) is 12.2. The summed E-state index contributed by atoms with van der Waals surface area (Å²) in [5, 5.41) is 29.7. The zero-order valence-electron chi connectivity index (χ0n) is 21.8. The van der Waals surface area contributed by atoms with E-state index in [-0.39, 0.29) is 52.5 Å². The summed E-state index contributed by atoms with van der Waals surface area (Å²) < 4.78 is 70.5. The normalized spacial score (nSPS) is 23.1. The lowest BCUT2D eigenvalue weighted by molar-refractivity contribution is -0.0855. The van der Waals surface area contributed by atoms with Crippen LogP contribution in [0.25, 0.3) is 5.70 Å². The van der Waals surface area contributed by atoms with Crippen molar-refractivity contribution in [3.05, 3.63) is 39.4 Å². The summed E-state index contributed by atoms with van der Waals surface area (Å²) in [5.74, 6) is -0.163. The molecule has 0 aliphatic carbocycles. The van der Waals surface area contributed by atoms with Crippen molar-refractivity contribution in [2.75, 3.05) is 13.1 Å². The molecule has 1 fully saturated rings. The molecule has 10 nitrogen and oxygen atoms in total. The topological polar surface area (TPSA) is 136 Å². The molecular weight excluding hydrogens is 555 g/mol. The average molecular weight is 586 g/mol. The molecule has 0 saturated carbocycles. The number of aromatic nitrogens is 2. The number of piperidine rings is 1. The second-order valence-corrected chi connectivity index (χ2v) is 13.5. The van der Waals surface area contributed by atoms with Crippen LogP contribution in [-0.4, -0.2) is 71.0 Å². The van der Waals surface area contributed by atoms with Gasteiger partial charge in [0.05, 0.1) is 33.5 Å². The van der Waals surface area contributed by atoms with Gasteiger partial charge in [0.15, 0.2) is 6.29 Å². The van der Waals surface area contributed by atoms with Gasteiger partial charge in [0.2, 0.25) is 10.0 Å². The summed E-state index contributed by atoms with van der Waals surface area (Å²) in [6, 6.07) is 3.17. The molecule has 2 aromatic rings. The lowest BCUT2D eigenvalue weighted by Crippen LogP contribution is -2.55. The van der Waals surface area contributed by atoms with Gasteiger partial charge in [-0.1, -0.05) is 6.92 Å². The fourth-order valence-corrected chi connectivity index (χ4v) is 7.49. The number of alkyl halides is 3. The van der Waals surface area contributed by atoms with E-state index in [1.54, 1.807) is 20.9 Å². The molecule has 3 N–H and O–H groups in total. The van der Waals surface area contributed by atoms with Gasteiger partial charge >= 0.3 is 6.18 Å². The summed E-state index contributed by atoms with van der Waals surface area (Å²) in [7, 11) is -2.08. The number of aryl methyl sites for hydroxylation is 1. The highest BCUT2D eigenvalue weighted by atomic mass is 32.2. The lowest BCUT2D eigenvalue weighted by atomic mass is 9.95. The number of nitrogens with zero attached hydrogens (tertiary/aromatic N) is 5. The van der Waals surface area contributed by atoms with Gasteiger partial charge in [0, 0.05) is 49.9 Å². The highest BCUT2D eigenvalue weighted by Crippen LogP contribution is 2.37. The van der Waals surface area contributed by atoms with E-state index in [1.807, 2.05) is 13.0 Å². The first kappa shape index (κ1) is 29.2.